The van der Waals surface area contributed by atoms with Crippen LogP contribution < -0.4 is 15.5 Å². The number of ether oxygens (including phenoxy) is 1. The molecule has 24 heavy (non-hydrogen) atoms. The Morgan fingerprint density at radius 2 is 2.00 bits per heavy atom. The molecule has 0 radical (unpaired) electrons. The lowest BCUT2D eigenvalue weighted by atomic mass is 10.2. The first-order chi connectivity index (χ1) is 11.3. The molecule has 2 heterocycles. The van der Waals surface area contributed by atoms with Gasteiger partial charge in [-0.15, -0.1) is 0 Å². The fraction of sp³-hybridized carbons (Fsp3) is 0.643. The van der Waals surface area contributed by atoms with Crippen molar-refractivity contribution in [2.75, 3.05) is 43.1 Å². The van der Waals surface area contributed by atoms with Crippen LogP contribution in [0.3, 0.4) is 0 Å². The first-order valence-corrected chi connectivity index (χ1v) is 8.00. The number of nitrogens with one attached hydrogen (secondary N) is 2. The van der Waals surface area contributed by atoms with Crippen molar-refractivity contribution in [3.05, 3.63) is 11.8 Å². The highest BCUT2D eigenvalue weighted by Gasteiger charge is 2.34. The van der Waals surface area contributed by atoms with Gasteiger partial charge in [-0.25, -0.2) is 4.98 Å². The van der Waals surface area contributed by atoms with Crippen molar-refractivity contribution >= 4 is 29.1 Å². The monoisotopic (exact) mass is 363 g/mol. The van der Waals surface area contributed by atoms with Crippen LogP contribution in [0.15, 0.2) is 6.07 Å². The van der Waals surface area contributed by atoms with E-state index >= 15 is 0 Å². The number of hydrogen-bond donors (Lipinski definition) is 2. The summed E-state index contributed by atoms with van der Waals surface area (Å²) in [7, 11) is 0. The van der Waals surface area contributed by atoms with E-state index in [4.69, 9.17) is 17.0 Å². The van der Waals surface area contributed by atoms with Gasteiger partial charge >= 0.3 is 6.18 Å². The van der Waals surface area contributed by atoms with Crippen molar-refractivity contribution in [1.82, 2.24) is 15.3 Å². The number of alkyl halides is 3. The minimum atomic E-state index is -4.56. The maximum Gasteiger partial charge on any atom is 0.433 e. The van der Waals surface area contributed by atoms with E-state index in [9.17, 15) is 13.2 Å². The predicted molar refractivity (Wildman–Crippen MR) is 89.1 cm³/mol. The Bertz CT molecular complexity index is 576. The van der Waals surface area contributed by atoms with E-state index in [-0.39, 0.29) is 16.9 Å². The molecule has 0 saturated carbocycles. The molecule has 1 aliphatic heterocycles. The van der Waals surface area contributed by atoms with Crippen molar-refractivity contribution < 1.29 is 17.9 Å². The molecule has 10 heteroatoms. The molecule has 1 aromatic rings. The number of hydrogen-bond acceptors (Lipinski definition) is 5. The fourth-order valence-electron chi connectivity index (χ4n) is 2.03. The summed E-state index contributed by atoms with van der Waals surface area (Å²) >= 11 is 5.07. The van der Waals surface area contributed by atoms with Gasteiger partial charge in [0.05, 0.1) is 13.2 Å². The highest BCUT2D eigenvalue weighted by molar-refractivity contribution is 7.80. The van der Waals surface area contributed by atoms with E-state index in [0.717, 1.165) is 6.07 Å². The van der Waals surface area contributed by atoms with Crippen LogP contribution in [0, 0.1) is 5.92 Å². The third-order valence-corrected chi connectivity index (χ3v) is 3.48. The molecule has 0 aliphatic carbocycles. The topological polar surface area (TPSA) is 62.3 Å². The molecular formula is C14H20F3N5OS. The zero-order chi connectivity index (χ0) is 17.7. The van der Waals surface area contributed by atoms with Crippen LogP contribution in [0.5, 0.6) is 0 Å². The Morgan fingerprint density at radius 3 is 2.58 bits per heavy atom. The molecule has 0 amide bonds. The Balaban J connectivity index is 2.21. The highest BCUT2D eigenvalue weighted by atomic mass is 32.1. The summed E-state index contributed by atoms with van der Waals surface area (Å²) in [5.41, 5.74) is -1.01. The molecule has 0 spiro atoms. The van der Waals surface area contributed by atoms with Gasteiger partial charge in [-0.05, 0) is 18.1 Å². The summed E-state index contributed by atoms with van der Waals surface area (Å²) in [6.07, 6.45) is -4.56. The van der Waals surface area contributed by atoms with Gasteiger partial charge in [-0.2, -0.15) is 18.2 Å². The van der Waals surface area contributed by atoms with Crippen molar-refractivity contribution in [1.29, 1.82) is 0 Å². The van der Waals surface area contributed by atoms with Gasteiger partial charge in [0.15, 0.2) is 10.8 Å². The number of halogens is 3. The van der Waals surface area contributed by atoms with Crippen molar-refractivity contribution in [3.8, 4) is 0 Å². The molecule has 2 rings (SSSR count). The van der Waals surface area contributed by atoms with Crippen LogP contribution in [0.1, 0.15) is 19.5 Å². The molecule has 1 aliphatic rings. The molecular weight excluding hydrogens is 343 g/mol. The molecule has 134 valence electrons. The second kappa shape index (κ2) is 7.93. The zero-order valence-corrected chi connectivity index (χ0v) is 14.3. The maximum absolute atomic E-state index is 13.1. The number of nitrogens with zero attached hydrogens (tertiary/aromatic N) is 3. The normalized spacial score (nSPS) is 15.5. The Morgan fingerprint density at radius 1 is 1.33 bits per heavy atom. The number of anilines is 2. The number of thiocarbonyl (C=S) groups is 1. The number of rotatable bonds is 4. The lowest BCUT2D eigenvalue weighted by Crippen LogP contribution is -2.37. The minimum Gasteiger partial charge on any atom is -0.378 e. The first kappa shape index (κ1) is 18.7. The smallest absolute Gasteiger partial charge is 0.378 e. The van der Waals surface area contributed by atoms with Gasteiger partial charge in [-0.1, -0.05) is 13.8 Å². The Labute approximate surface area is 143 Å². The highest BCUT2D eigenvalue weighted by Crippen LogP contribution is 2.30. The standard InChI is InChI=1S/C14H20F3N5OS/c1-9(2)8-18-13(24)21-12-19-10(14(15,16)17)7-11(20-12)22-3-5-23-6-4-22/h7,9H,3-6,8H2,1-2H3,(H2,18,19,20,21,24). The predicted octanol–water partition coefficient (Wildman–Crippen LogP) is 2.27. The molecule has 0 atom stereocenters. The van der Waals surface area contributed by atoms with Crippen molar-refractivity contribution in [2.24, 2.45) is 5.92 Å². The average Bonchev–Trinajstić information content (AvgIpc) is 2.52. The Hall–Kier alpha value is -1.68. The van der Waals surface area contributed by atoms with Gasteiger partial charge in [0, 0.05) is 25.7 Å². The summed E-state index contributed by atoms with van der Waals surface area (Å²) in [5.74, 6) is 0.374. The molecule has 1 aromatic heterocycles. The number of aromatic nitrogens is 2. The van der Waals surface area contributed by atoms with Crippen LogP contribution >= 0.6 is 12.2 Å². The summed E-state index contributed by atoms with van der Waals surface area (Å²) in [4.78, 5) is 9.42. The molecule has 1 fully saturated rings. The molecule has 0 unspecified atom stereocenters. The van der Waals surface area contributed by atoms with Crippen LogP contribution in [-0.4, -0.2) is 47.9 Å². The molecule has 0 aromatic carbocycles. The van der Waals surface area contributed by atoms with Crippen molar-refractivity contribution in [2.45, 2.75) is 20.0 Å². The fourth-order valence-corrected chi connectivity index (χ4v) is 2.21. The lowest BCUT2D eigenvalue weighted by Gasteiger charge is -2.28. The number of morpholine rings is 1. The second-order valence-corrected chi connectivity index (χ2v) is 6.17. The van der Waals surface area contributed by atoms with Crippen LogP contribution in [-0.2, 0) is 10.9 Å². The summed E-state index contributed by atoms with van der Waals surface area (Å²) in [5, 5.41) is 5.73. The third kappa shape index (κ3) is 5.45. The van der Waals surface area contributed by atoms with Gasteiger partial charge < -0.3 is 20.3 Å². The van der Waals surface area contributed by atoms with Gasteiger partial charge in [0.25, 0.3) is 0 Å². The van der Waals surface area contributed by atoms with E-state index in [1.165, 1.54) is 0 Å². The van der Waals surface area contributed by atoms with E-state index in [1.807, 2.05) is 13.8 Å². The zero-order valence-electron chi connectivity index (χ0n) is 13.5. The van der Waals surface area contributed by atoms with E-state index < -0.39 is 11.9 Å². The third-order valence-electron chi connectivity index (χ3n) is 3.23. The van der Waals surface area contributed by atoms with Gasteiger partial charge in [-0.3, -0.25) is 0 Å². The van der Waals surface area contributed by atoms with Crippen LogP contribution in [0.25, 0.3) is 0 Å². The molecule has 2 N–H and O–H groups in total. The largest absolute Gasteiger partial charge is 0.433 e. The van der Waals surface area contributed by atoms with E-state index in [2.05, 4.69) is 20.6 Å². The molecule has 1 saturated heterocycles. The van der Waals surface area contributed by atoms with Crippen LogP contribution in [0.2, 0.25) is 0 Å². The molecule has 0 bridgehead atoms. The summed E-state index contributed by atoms with van der Waals surface area (Å²) < 4.78 is 44.5. The second-order valence-electron chi connectivity index (χ2n) is 5.76. The lowest BCUT2D eigenvalue weighted by molar-refractivity contribution is -0.141. The Kier molecular flexibility index (Phi) is 6.16. The average molecular weight is 363 g/mol. The minimum absolute atomic E-state index is 0.174. The quantitative estimate of drug-likeness (QED) is 0.796. The van der Waals surface area contributed by atoms with Crippen molar-refractivity contribution in [3.63, 3.8) is 0 Å². The molecule has 6 nitrogen and oxygen atoms in total. The van der Waals surface area contributed by atoms with Crippen LogP contribution in [0.4, 0.5) is 24.9 Å². The summed E-state index contributed by atoms with van der Waals surface area (Å²) in [6.45, 7) is 6.43. The summed E-state index contributed by atoms with van der Waals surface area (Å²) in [6, 6.07) is 0.946. The van der Waals surface area contributed by atoms with E-state index in [0.29, 0.717) is 38.8 Å². The SMILES string of the molecule is CC(C)CNC(=S)Nc1nc(N2CCOCC2)cc(C(F)(F)F)n1. The van der Waals surface area contributed by atoms with E-state index in [1.54, 1.807) is 4.90 Å². The maximum atomic E-state index is 13.1. The first-order valence-electron chi connectivity index (χ1n) is 7.59. The van der Waals surface area contributed by atoms with Gasteiger partial charge in [0.2, 0.25) is 5.95 Å². The van der Waals surface area contributed by atoms with Gasteiger partial charge in [0.1, 0.15) is 5.82 Å².